The number of aromatic nitrogens is 3. The van der Waals surface area contributed by atoms with E-state index in [1.807, 2.05) is 31.2 Å². The van der Waals surface area contributed by atoms with Crippen LogP contribution in [-0.4, -0.2) is 14.8 Å². The van der Waals surface area contributed by atoms with Gasteiger partial charge in [-0.2, -0.15) is 0 Å². The molecule has 0 aliphatic rings. The summed E-state index contributed by atoms with van der Waals surface area (Å²) in [4.78, 5) is 4.13. The SMILES string of the molecule is Cc1c[c-]n(-c2ccccn2)n1.[Cl][Zn+]. The third-order valence-corrected chi connectivity index (χ3v) is 1.52. The van der Waals surface area contributed by atoms with Crippen LogP contribution in [0.5, 0.6) is 0 Å². The van der Waals surface area contributed by atoms with Crippen LogP contribution in [0.15, 0.2) is 30.5 Å². The van der Waals surface area contributed by atoms with Gasteiger partial charge in [0.2, 0.25) is 0 Å². The first kappa shape index (κ1) is 11.3. The molecule has 0 radical (unpaired) electrons. The molecule has 0 unspecified atom stereocenters. The van der Waals surface area contributed by atoms with Crippen molar-refractivity contribution < 1.29 is 17.3 Å². The minimum atomic E-state index is 0.797. The maximum atomic E-state index is 4.76. The van der Waals surface area contributed by atoms with Gasteiger partial charge in [0.15, 0.2) is 0 Å². The number of pyridine rings is 1. The third-order valence-electron chi connectivity index (χ3n) is 1.52. The fourth-order valence-electron chi connectivity index (χ4n) is 0.966. The molecule has 0 aliphatic heterocycles. The zero-order valence-electron chi connectivity index (χ0n) is 7.81. The van der Waals surface area contributed by atoms with Crippen LogP contribution in [0.25, 0.3) is 5.82 Å². The summed E-state index contributed by atoms with van der Waals surface area (Å²) in [5, 5.41) is 4.18. The van der Waals surface area contributed by atoms with Crippen LogP contribution >= 0.6 is 9.69 Å². The number of hydrogen-bond acceptors (Lipinski definition) is 2. The van der Waals surface area contributed by atoms with E-state index in [9.17, 15) is 0 Å². The Hall–Kier alpha value is -0.727. The molecule has 2 aromatic heterocycles. The van der Waals surface area contributed by atoms with Crippen LogP contribution in [0.2, 0.25) is 0 Å². The molecule has 3 nitrogen and oxygen atoms in total. The standard InChI is InChI=1S/C9H8N3.ClH.Zn/c1-8-5-7-12(11-8)9-4-2-3-6-10-9;;/h2-6H,1H3;1H;/q-1;;+2/p-1. The van der Waals surface area contributed by atoms with E-state index < -0.39 is 0 Å². The number of hydrogen-bond donors (Lipinski definition) is 0. The zero-order chi connectivity index (χ0) is 10.4. The van der Waals surface area contributed by atoms with Gasteiger partial charge in [0, 0.05) is 6.20 Å². The average molecular weight is 259 g/mol. The molecule has 0 saturated heterocycles. The second-order valence-corrected chi connectivity index (χ2v) is 2.51. The predicted molar refractivity (Wildman–Crippen MR) is 50.8 cm³/mol. The quantitative estimate of drug-likeness (QED) is 0.579. The Kier molecular flexibility index (Phi) is 4.77. The first-order valence-electron chi connectivity index (χ1n) is 3.99. The van der Waals surface area contributed by atoms with Crippen molar-refractivity contribution in [3.05, 3.63) is 42.4 Å². The molecule has 14 heavy (non-hydrogen) atoms. The zero-order valence-corrected chi connectivity index (χ0v) is 11.5. The van der Waals surface area contributed by atoms with Gasteiger partial charge in [0.25, 0.3) is 0 Å². The van der Waals surface area contributed by atoms with E-state index in [1.54, 1.807) is 10.9 Å². The van der Waals surface area contributed by atoms with Crippen LogP contribution in [0.4, 0.5) is 0 Å². The van der Waals surface area contributed by atoms with Gasteiger partial charge in [-0.1, -0.05) is 25.3 Å². The van der Waals surface area contributed by atoms with Gasteiger partial charge in [-0.15, -0.1) is 6.07 Å². The van der Waals surface area contributed by atoms with Crippen molar-refractivity contribution in [3.63, 3.8) is 0 Å². The molecule has 0 fully saturated rings. The van der Waals surface area contributed by atoms with Crippen molar-refractivity contribution in [2.45, 2.75) is 6.92 Å². The molecule has 0 aliphatic carbocycles. The van der Waals surface area contributed by atoms with E-state index in [-0.39, 0.29) is 0 Å². The summed E-state index contributed by atoms with van der Waals surface area (Å²) in [7, 11) is 4.76. The van der Waals surface area contributed by atoms with E-state index in [2.05, 4.69) is 16.3 Å². The summed E-state index contributed by atoms with van der Waals surface area (Å²) < 4.78 is 1.63. The van der Waals surface area contributed by atoms with Crippen LogP contribution < -0.4 is 0 Å². The molecule has 2 heterocycles. The molecular formula is C9H8ClN3Zn. The molecule has 0 aromatic carbocycles. The Bertz CT molecular complexity index is 375. The predicted octanol–water partition coefficient (Wildman–Crippen LogP) is 2.06. The monoisotopic (exact) mass is 257 g/mol. The molecule has 0 bridgehead atoms. The van der Waals surface area contributed by atoms with Crippen molar-refractivity contribution in [3.8, 4) is 5.82 Å². The summed E-state index contributed by atoms with van der Waals surface area (Å²) in [5.74, 6) is 0.797. The summed E-state index contributed by atoms with van der Waals surface area (Å²) in [6.45, 7) is 1.93. The summed E-state index contributed by atoms with van der Waals surface area (Å²) >= 11 is 0.847. The normalized spacial score (nSPS) is 9.14. The second kappa shape index (κ2) is 5.89. The number of halogens is 1. The Labute approximate surface area is 96.8 Å². The summed E-state index contributed by atoms with van der Waals surface area (Å²) in [6.07, 6.45) is 4.70. The Morgan fingerprint density at radius 2 is 2.21 bits per heavy atom. The van der Waals surface area contributed by atoms with Crippen molar-refractivity contribution in [2.75, 3.05) is 0 Å². The van der Waals surface area contributed by atoms with Crippen molar-refractivity contribution in [2.24, 2.45) is 0 Å². The number of nitrogens with zero attached hydrogens (tertiary/aromatic N) is 3. The Morgan fingerprint density at radius 1 is 1.43 bits per heavy atom. The van der Waals surface area contributed by atoms with Crippen molar-refractivity contribution in [1.82, 2.24) is 14.8 Å². The minimum absolute atomic E-state index is 0.797. The average Bonchev–Trinajstić information content (AvgIpc) is 2.69. The van der Waals surface area contributed by atoms with Gasteiger partial charge in [-0.25, -0.2) is 0 Å². The molecular weight excluding hydrogens is 251 g/mol. The summed E-state index contributed by atoms with van der Waals surface area (Å²) in [6, 6.07) is 7.52. The van der Waals surface area contributed by atoms with Crippen LogP contribution in [0, 0.1) is 13.1 Å². The third kappa shape index (κ3) is 2.89. The molecule has 0 atom stereocenters. The molecule has 68 valence electrons. The van der Waals surface area contributed by atoms with E-state index in [0.717, 1.165) is 28.8 Å². The van der Waals surface area contributed by atoms with E-state index in [0.29, 0.717) is 0 Å². The maximum absolute atomic E-state index is 4.76. The van der Waals surface area contributed by atoms with Gasteiger partial charge < -0.3 is 9.67 Å². The van der Waals surface area contributed by atoms with E-state index >= 15 is 0 Å². The molecule has 0 amide bonds. The van der Waals surface area contributed by atoms with Gasteiger partial charge in [-0.05, 0) is 11.8 Å². The molecule has 2 rings (SSSR count). The first-order valence-corrected chi connectivity index (χ1v) is 7.88. The summed E-state index contributed by atoms with van der Waals surface area (Å²) in [5.41, 5.74) is 0.945. The van der Waals surface area contributed by atoms with Crippen LogP contribution in [0.1, 0.15) is 5.69 Å². The fraction of sp³-hybridized carbons (Fsp3) is 0.111. The molecule has 0 spiro atoms. The van der Waals surface area contributed by atoms with Gasteiger partial charge in [0.1, 0.15) is 0 Å². The Balaban J connectivity index is 0.000000461. The molecule has 0 N–H and O–H groups in total. The number of aryl methyl sites for hydroxylation is 1. The van der Waals surface area contributed by atoms with Crippen molar-refractivity contribution >= 4 is 9.69 Å². The second-order valence-electron chi connectivity index (χ2n) is 2.51. The molecule has 2 aromatic rings. The topological polar surface area (TPSA) is 30.7 Å². The van der Waals surface area contributed by atoms with E-state index in [1.165, 1.54) is 0 Å². The molecule has 0 saturated carbocycles. The fourth-order valence-corrected chi connectivity index (χ4v) is 0.966. The van der Waals surface area contributed by atoms with Gasteiger partial charge >= 0.3 is 27.0 Å². The first-order chi connectivity index (χ1) is 6.86. The van der Waals surface area contributed by atoms with Gasteiger partial charge in [-0.3, -0.25) is 5.10 Å². The van der Waals surface area contributed by atoms with Crippen LogP contribution in [0.3, 0.4) is 0 Å². The molecule has 5 heteroatoms. The Morgan fingerprint density at radius 3 is 2.71 bits per heavy atom. The van der Waals surface area contributed by atoms with E-state index in [4.69, 9.17) is 9.69 Å². The van der Waals surface area contributed by atoms with Crippen molar-refractivity contribution in [1.29, 1.82) is 0 Å². The van der Waals surface area contributed by atoms with Crippen LogP contribution in [-0.2, 0) is 17.3 Å². The van der Waals surface area contributed by atoms with Gasteiger partial charge in [0.05, 0.1) is 5.82 Å². The number of rotatable bonds is 1.